The fourth-order valence-corrected chi connectivity index (χ4v) is 3.77. The number of carbonyl (C=O) groups excluding carboxylic acids is 2. The maximum absolute atomic E-state index is 12.2. The standard InChI is InChI=1S/C21H26N4O2/c1-24-11-4-7-18(24)19(13-22-20(26)21(27)23-17-8-9-17)25-12-10-15-5-2-3-6-16(15)14-25/h2-7,11,17,19H,8-10,12-14H2,1H3,(H,22,26)(H,23,27)/t19-/m0/s1. The van der Waals surface area contributed by atoms with E-state index in [0.717, 1.165) is 38.0 Å². The summed E-state index contributed by atoms with van der Waals surface area (Å²) in [5.74, 6) is -1.06. The van der Waals surface area contributed by atoms with E-state index in [9.17, 15) is 9.59 Å². The third-order valence-corrected chi connectivity index (χ3v) is 5.50. The van der Waals surface area contributed by atoms with E-state index < -0.39 is 11.8 Å². The van der Waals surface area contributed by atoms with Gasteiger partial charge < -0.3 is 15.2 Å². The lowest BCUT2D eigenvalue weighted by Crippen LogP contribution is -2.45. The molecule has 1 aliphatic heterocycles. The van der Waals surface area contributed by atoms with Crippen molar-refractivity contribution in [1.29, 1.82) is 0 Å². The summed E-state index contributed by atoms with van der Waals surface area (Å²) in [6, 6.07) is 12.8. The van der Waals surface area contributed by atoms with E-state index in [1.807, 2.05) is 19.3 Å². The molecule has 0 radical (unpaired) electrons. The molecular formula is C21H26N4O2. The molecule has 1 atom stereocenters. The first kappa shape index (κ1) is 17.8. The van der Waals surface area contributed by atoms with Crippen LogP contribution in [0.3, 0.4) is 0 Å². The summed E-state index contributed by atoms with van der Waals surface area (Å²) in [5, 5.41) is 5.59. The summed E-state index contributed by atoms with van der Waals surface area (Å²) in [5.41, 5.74) is 3.87. The maximum atomic E-state index is 12.2. The molecular weight excluding hydrogens is 340 g/mol. The van der Waals surface area contributed by atoms with Gasteiger partial charge in [0.25, 0.3) is 0 Å². The van der Waals surface area contributed by atoms with Crippen LogP contribution < -0.4 is 10.6 Å². The number of amides is 2. The Hall–Kier alpha value is -2.60. The Bertz CT molecular complexity index is 840. The minimum Gasteiger partial charge on any atom is -0.353 e. The van der Waals surface area contributed by atoms with Crippen LogP contribution in [0.2, 0.25) is 0 Å². The third kappa shape index (κ3) is 4.06. The van der Waals surface area contributed by atoms with E-state index in [4.69, 9.17) is 0 Å². The predicted octanol–water partition coefficient (Wildman–Crippen LogP) is 1.52. The molecule has 0 bridgehead atoms. The molecule has 6 heteroatoms. The number of benzene rings is 1. The first-order valence-corrected chi connectivity index (χ1v) is 9.62. The zero-order valence-corrected chi connectivity index (χ0v) is 15.6. The van der Waals surface area contributed by atoms with Crippen molar-refractivity contribution in [3.8, 4) is 0 Å². The average molecular weight is 366 g/mol. The van der Waals surface area contributed by atoms with Gasteiger partial charge in [0.05, 0.1) is 6.04 Å². The summed E-state index contributed by atoms with van der Waals surface area (Å²) in [6.45, 7) is 2.18. The highest BCUT2D eigenvalue weighted by atomic mass is 16.2. The molecule has 6 nitrogen and oxygen atoms in total. The second-order valence-electron chi connectivity index (χ2n) is 7.51. The van der Waals surface area contributed by atoms with Crippen molar-refractivity contribution in [3.63, 3.8) is 0 Å². The Morgan fingerprint density at radius 3 is 2.59 bits per heavy atom. The van der Waals surface area contributed by atoms with Gasteiger partial charge >= 0.3 is 11.8 Å². The predicted molar refractivity (Wildman–Crippen MR) is 103 cm³/mol. The smallest absolute Gasteiger partial charge is 0.309 e. The molecule has 1 fully saturated rings. The van der Waals surface area contributed by atoms with Crippen LogP contribution in [-0.4, -0.2) is 40.4 Å². The second-order valence-corrected chi connectivity index (χ2v) is 7.51. The van der Waals surface area contributed by atoms with Crippen molar-refractivity contribution < 1.29 is 9.59 Å². The lowest BCUT2D eigenvalue weighted by molar-refractivity contribution is -0.139. The Morgan fingerprint density at radius 1 is 1.11 bits per heavy atom. The van der Waals surface area contributed by atoms with Crippen molar-refractivity contribution >= 4 is 11.8 Å². The number of nitrogens with zero attached hydrogens (tertiary/aromatic N) is 2. The van der Waals surface area contributed by atoms with Gasteiger partial charge in [-0.15, -0.1) is 0 Å². The third-order valence-electron chi connectivity index (χ3n) is 5.50. The molecule has 2 N–H and O–H groups in total. The number of fused-ring (bicyclic) bond motifs is 1. The molecule has 1 aliphatic carbocycles. The minimum absolute atomic E-state index is 0.0241. The zero-order chi connectivity index (χ0) is 18.8. The highest BCUT2D eigenvalue weighted by Crippen LogP contribution is 2.27. The van der Waals surface area contributed by atoms with Crippen LogP contribution in [0.4, 0.5) is 0 Å². The second kappa shape index (κ2) is 7.56. The van der Waals surface area contributed by atoms with Gasteiger partial charge in [-0.3, -0.25) is 14.5 Å². The summed E-state index contributed by atoms with van der Waals surface area (Å²) >= 11 is 0. The van der Waals surface area contributed by atoms with Crippen molar-refractivity contribution in [2.45, 2.75) is 37.9 Å². The number of nitrogens with one attached hydrogen (secondary N) is 2. The molecule has 0 spiro atoms. The molecule has 2 heterocycles. The van der Waals surface area contributed by atoms with Gasteiger partial charge in [-0.1, -0.05) is 24.3 Å². The fourth-order valence-electron chi connectivity index (χ4n) is 3.77. The van der Waals surface area contributed by atoms with E-state index in [-0.39, 0.29) is 12.1 Å². The summed E-state index contributed by atoms with van der Waals surface area (Å²) < 4.78 is 2.08. The van der Waals surface area contributed by atoms with Crippen molar-refractivity contribution in [2.75, 3.05) is 13.1 Å². The van der Waals surface area contributed by atoms with Gasteiger partial charge in [0.2, 0.25) is 0 Å². The molecule has 1 aromatic carbocycles. The Morgan fingerprint density at radius 2 is 1.89 bits per heavy atom. The molecule has 1 aromatic heterocycles. The monoisotopic (exact) mass is 366 g/mol. The zero-order valence-electron chi connectivity index (χ0n) is 15.6. The molecule has 142 valence electrons. The van der Waals surface area contributed by atoms with E-state index in [1.165, 1.54) is 11.1 Å². The van der Waals surface area contributed by atoms with E-state index in [0.29, 0.717) is 6.54 Å². The normalized spacial score (nSPS) is 17.8. The highest BCUT2D eigenvalue weighted by molar-refractivity contribution is 6.35. The van der Waals surface area contributed by atoms with Gasteiger partial charge in [-0.2, -0.15) is 0 Å². The molecule has 0 saturated heterocycles. The van der Waals surface area contributed by atoms with Gasteiger partial charge in [0.1, 0.15) is 0 Å². The summed E-state index contributed by atoms with van der Waals surface area (Å²) in [7, 11) is 2.02. The molecule has 2 aromatic rings. The number of rotatable bonds is 5. The number of hydrogen-bond donors (Lipinski definition) is 2. The average Bonchev–Trinajstić information content (AvgIpc) is 3.40. The van der Waals surface area contributed by atoms with E-state index >= 15 is 0 Å². The SMILES string of the molecule is Cn1cccc1[C@H](CNC(=O)C(=O)NC1CC1)N1CCc2ccccc2C1. The molecule has 0 unspecified atom stereocenters. The number of hydrogen-bond acceptors (Lipinski definition) is 3. The molecule has 2 amide bonds. The topological polar surface area (TPSA) is 66.4 Å². The van der Waals surface area contributed by atoms with Crippen LogP contribution in [0.15, 0.2) is 42.6 Å². The van der Waals surface area contributed by atoms with E-state index in [2.05, 4.69) is 50.4 Å². The van der Waals surface area contributed by atoms with Crippen molar-refractivity contribution in [2.24, 2.45) is 7.05 Å². The number of aromatic nitrogens is 1. The van der Waals surface area contributed by atoms with Crippen molar-refractivity contribution in [3.05, 3.63) is 59.4 Å². The van der Waals surface area contributed by atoms with Gasteiger partial charge in [0.15, 0.2) is 0 Å². The Labute approximate surface area is 159 Å². The molecule has 1 saturated carbocycles. The Balaban J connectivity index is 1.47. The maximum Gasteiger partial charge on any atom is 0.309 e. The molecule has 2 aliphatic rings. The van der Waals surface area contributed by atoms with Crippen LogP contribution in [0.5, 0.6) is 0 Å². The highest BCUT2D eigenvalue weighted by Gasteiger charge is 2.29. The van der Waals surface area contributed by atoms with Gasteiger partial charge in [-0.25, -0.2) is 0 Å². The summed E-state index contributed by atoms with van der Waals surface area (Å²) in [4.78, 5) is 26.5. The first-order valence-electron chi connectivity index (χ1n) is 9.62. The summed E-state index contributed by atoms with van der Waals surface area (Å²) in [6.07, 6.45) is 4.95. The van der Waals surface area contributed by atoms with Crippen LogP contribution >= 0.6 is 0 Å². The van der Waals surface area contributed by atoms with Crippen LogP contribution in [0, 0.1) is 0 Å². The molecule has 4 rings (SSSR count). The fraction of sp³-hybridized carbons (Fsp3) is 0.429. The van der Waals surface area contributed by atoms with E-state index in [1.54, 1.807) is 0 Å². The number of aryl methyl sites for hydroxylation is 1. The van der Waals surface area contributed by atoms with Crippen LogP contribution in [-0.2, 0) is 29.6 Å². The van der Waals surface area contributed by atoms with Gasteiger partial charge in [-0.05, 0) is 42.5 Å². The van der Waals surface area contributed by atoms with Crippen molar-refractivity contribution in [1.82, 2.24) is 20.1 Å². The van der Waals surface area contributed by atoms with Gasteiger partial charge in [0, 0.05) is 44.6 Å². The molecule has 27 heavy (non-hydrogen) atoms. The lowest BCUT2D eigenvalue weighted by Gasteiger charge is -2.36. The number of carbonyl (C=O) groups is 2. The minimum atomic E-state index is -0.543. The quantitative estimate of drug-likeness (QED) is 0.789. The van der Waals surface area contributed by atoms with Crippen LogP contribution in [0.1, 0.15) is 35.7 Å². The first-order chi connectivity index (χ1) is 13.1. The largest absolute Gasteiger partial charge is 0.353 e. The lowest BCUT2D eigenvalue weighted by atomic mass is 9.98. The Kier molecular flexibility index (Phi) is 4.99. The van der Waals surface area contributed by atoms with Crippen LogP contribution in [0.25, 0.3) is 0 Å².